The third kappa shape index (κ3) is 5.03. The van der Waals surface area contributed by atoms with E-state index in [2.05, 4.69) is 24.0 Å². The quantitative estimate of drug-likeness (QED) is 0.350. The van der Waals surface area contributed by atoms with Gasteiger partial charge in [-0.05, 0) is 55.2 Å². The first-order chi connectivity index (χ1) is 18.1. The van der Waals surface area contributed by atoms with E-state index in [-0.39, 0.29) is 11.8 Å². The molecule has 1 saturated heterocycles. The lowest BCUT2D eigenvalue weighted by Crippen LogP contribution is -2.39. The number of hydrogen-bond donors (Lipinski definition) is 0. The maximum Gasteiger partial charge on any atom is 0.257 e. The Morgan fingerprint density at radius 1 is 1.00 bits per heavy atom. The van der Waals surface area contributed by atoms with Crippen LogP contribution in [0.2, 0.25) is 0 Å². The number of ether oxygens (including phenoxy) is 2. The van der Waals surface area contributed by atoms with Gasteiger partial charge in [0.05, 0.1) is 25.5 Å². The summed E-state index contributed by atoms with van der Waals surface area (Å²) in [4.78, 5) is 29.5. The molecule has 0 saturated carbocycles. The smallest absolute Gasteiger partial charge is 0.257 e. The molecule has 0 spiro atoms. The van der Waals surface area contributed by atoms with E-state index >= 15 is 0 Å². The Labute approximate surface area is 217 Å². The summed E-state index contributed by atoms with van der Waals surface area (Å²) in [6, 6.07) is 17.4. The Hall–Kier alpha value is -4.26. The van der Waals surface area contributed by atoms with Gasteiger partial charge in [-0.1, -0.05) is 24.3 Å². The molecule has 1 fully saturated rings. The van der Waals surface area contributed by atoms with Gasteiger partial charge in [0.1, 0.15) is 11.5 Å². The molecule has 37 heavy (non-hydrogen) atoms. The fourth-order valence-corrected chi connectivity index (χ4v) is 4.96. The summed E-state index contributed by atoms with van der Waals surface area (Å²) < 4.78 is 10.8. The Morgan fingerprint density at radius 2 is 1.81 bits per heavy atom. The Bertz CT molecular complexity index is 1410. The molecule has 4 aromatic rings. The fraction of sp³-hybridized carbons (Fsp3) is 0.267. The van der Waals surface area contributed by atoms with Gasteiger partial charge in [-0.2, -0.15) is 0 Å². The first-order valence-electron chi connectivity index (χ1n) is 12.4. The number of rotatable bonds is 6. The number of aromatic nitrogens is 3. The van der Waals surface area contributed by atoms with Gasteiger partial charge < -0.3 is 14.4 Å². The molecule has 0 unspecified atom stereocenters. The highest BCUT2D eigenvalue weighted by Crippen LogP contribution is 2.36. The highest BCUT2D eigenvalue weighted by Gasteiger charge is 2.30. The van der Waals surface area contributed by atoms with E-state index in [1.165, 1.54) is 0 Å². The van der Waals surface area contributed by atoms with Crippen molar-refractivity contribution in [3.63, 3.8) is 0 Å². The van der Waals surface area contributed by atoms with E-state index in [4.69, 9.17) is 19.4 Å². The average Bonchev–Trinajstić information content (AvgIpc) is 2.97. The van der Waals surface area contributed by atoms with Gasteiger partial charge in [-0.25, -0.2) is 9.97 Å². The number of amides is 1. The Balaban J connectivity index is 1.52. The number of hydrogen-bond acceptors (Lipinski definition) is 6. The summed E-state index contributed by atoms with van der Waals surface area (Å²) in [5.41, 5.74) is 5.70. The van der Waals surface area contributed by atoms with Crippen molar-refractivity contribution in [2.75, 3.05) is 27.3 Å². The summed E-state index contributed by atoms with van der Waals surface area (Å²) in [5.74, 6) is 1.84. The average molecular weight is 495 g/mol. The first kappa shape index (κ1) is 24.4. The second-order valence-corrected chi connectivity index (χ2v) is 9.20. The lowest BCUT2D eigenvalue weighted by molar-refractivity contribution is 0.0702. The van der Waals surface area contributed by atoms with Crippen LogP contribution >= 0.6 is 0 Å². The number of piperidine rings is 1. The number of carbonyl (C=O) groups is 1. The normalized spacial score (nSPS) is 15.3. The molecule has 1 amide bonds. The molecule has 7 nitrogen and oxygen atoms in total. The molecule has 0 radical (unpaired) electrons. The van der Waals surface area contributed by atoms with Crippen LogP contribution in [0.1, 0.15) is 40.4 Å². The van der Waals surface area contributed by atoms with Gasteiger partial charge in [0, 0.05) is 54.8 Å². The van der Waals surface area contributed by atoms with Crippen molar-refractivity contribution in [3.05, 3.63) is 90.0 Å². The van der Waals surface area contributed by atoms with Crippen LogP contribution in [0, 0.1) is 6.92 Å². The molecule has 0 aliphatic carbocycles. The van der Waals surface area contributed by atoms with Gasteiger partial charge in [0.2, 0.25) is 0 Å². The van der Waals surface area contributed by atoms with Gasteiger partial charge in [0.15, 0.2) is 5.82 Å². The van der Waals surface area contributed by atoms with Crippen molar-refractivity contribution < 1.29 is 14.3 Å². The van der Waals surface area contributed by atoms with Crippen LogP contribution < -0.4 is 9.47 Å². The van der Waals surface area contributed by atoms with E-state index in [9.17, 15) is 4.79 Å². The molecule has 0 N–H and O–H groups in total. The second-order valence-electron chi connectivity index (χ2n) is 9.20. The summed E-state index contributed by atoms with van der Waals surface area (Å²) in [5, 5.41) is 0. The van der Waals surface area contributed by atoms with Crippen LogP contribution in [0.4, 0.5) is 0 Å². The largest absolute Gasteiger partial charge is 0.497 e. The zero-order valence-electron chi connectivity index (χ0n) is 21.3. The minimum absolute atomic E-state index is 0.0509. The van der Waals surface area contributed by atoms with E-state index < -0.39 is 0 Å². The minimum atomic E-state index is -0.0509. The zero-order valence-corrected chi connectivity index (χ0v) is 21.3. The lowest BCUT2D eigenvalue weighted by atomic mass is 9.88. The van der Waals surface area contributed by atoms with E-state index in [0.29, 0.717) is 36.0 Å². The first-order valence-corrected chi connectivity index (χ1v) is 12.4. The molecule has 0 bridgehead atoms. The van der Waals surface area contributed by atoms with E-state index in [1.54, 1.807) is 44.8 Å². The summed E-state index contributed by atoms with van der Waals surface area (Å²) in [6.45, 7) is 3.36. The van der Waals surface area contributed by atoms with Gasteiger partial charge in [0.25, 0.3) is 5.91 Å². The third-order valence-electron chi connectivity index (χ3n) is 6.93. The molecule has 3 heterocycles. The van der Waals surface area contributed by atoms with E-state index in [1.807, 2.05) is 35.4 Å². The predicted octanol–water partition coefficient (Wildman–Crippen LogP) is 5.55. The van der Waals surface area contributed by atoms with Gasteiger partial charge in [-0.3, -0.25) is 9.78 Å². The number of carbonyl (C=O) groups excluding carboxylic acids is 1. The van der Waals surface area contributed by atoms with Crippen molar-refractivity contribution in [1.82, 2.24) is 19.9 Å². The standard InChI is InChI=1S/C30H30N4O3/c1-20-7-4-5-9-24(20)26-18-32-29(21-12-14-31-15-13-21)33-28(26)22-8-6-16-34(19-22)30(35)25-11-10-23(36-2)17-27(25)37-3/h4-5,7,9-15,17-18,22H,6,8,16,19H2,1-3H3/t22-/m1/s1. The van der Waals surface area contributed by atoms with Crippen LogP contribution in [0.25, 0.3) is 22.5 Å². The van der Waals surface area contributed by atoms with Crippen molar-refractivity contribution in [2.24, 2.45) is 0 Å². The number of benzene rings is 2. The highest BCUT2D eigenvalue weighted by atomic mass is 16.5. The second kappa shape index (κ2) is 10.8. The number of nitrogens with zero attached hydrogens (tertiary/aromatic N) is 4. The van der Waals surface area contributed by atoms with Crippen LogP contribution in [0.3, 0.4) is 0 Å². The monoisotopic (exact) mass is 494 g/mol. The number of methoxy groups -OCH3 is 2. The van der Waals surface area contributed by atoms with Crippen LogP contribution in [-0.4, -0.2) is 53.1 Å². The summed E-state index contributed by atoms with van der Waals surface area (Å²) >= 11 is 0. The molecule has 1 aliphatic rings. The predicted molar refractivity (Wildman–Crippen MR) is 143 cm³/mol. The number of pyridine rings is 1. The molecule has 1 atom stereocenters. The SMILES string of the molecule is COc1ccc(C(=O)N2CCC[C@@H](c3nc(-c4ccncc4)ncc3-c3ccccc3C)C2)c(OC)c1. The van der Waals surface area contributed by atoms with Crippen molar-refractivity contribution >= 4 is 5.91 Å². The van der Waals surface area contributed by atoms with Crippen molar-refractivity contribution in [1.29, 1.82) is 0 Å². The summed E-state index contributed by atoms with van der Waals surface area (Å²) in [7, 11) is 3.17. The topological polar surface area (TPSA) is 77.4 Å². The molecule has 1 aliphatic heterocycles. The molecule has 7 heteroatoms. The van der Waals surface area contributed by atoms with Crippen LogP contribution in [0.5, 0.6) is 11.5 Å². The van der Waals surface area contributed by atoms with Crippen LogP contribution in [-0.2, 0) is 0 Å². The molecule has 5 rings (SSSR count). The Kier molecular flexibility index (Phi) is 7.12. The van der Waals surface area contributed by atoms with Gasteiger partial charge >= 0.3 is 0 Å². The highest BCUT2D eigenvalue weighted by molar-refractivity contribution is 5.97. The third-order valence-corrected chi connectivity index (χ3v) is 6.93. The molecular weight excluding hydrogens is 464 g/mol. The molecule has 2 aromatic carbocycles. The van der Waals surface area contributed by atoms with E-state index in [0.717, 1.165) is 40.8 Å². The number of aryl methyl sites for hydroxylation is 1. The Morgan fingerprint density at radius 3 is 2.57 bits per heavy atom. The van der Waals surface area contributed by atoms with Crippen molar-refractivity contribution in [2.45, 2.75) is 25.7 Å². The van der Waals surface area contributed by atoms with Crippen LogP contribution in [0.15, 0.2) is 73.2 Å². The molecular formula is C30H30N4O3. The maximum absolute atomic E-state index is 13.6. The zero-order chi connectivity index (χ0) is 25.8. The summed E-state index contributed by atoms with van der Waals surface area (Å²) in [6.07, 6.45) is 7.24. The number of likely N-dealkylation sites (tertiary alicyclic amines) is 1. The van der Waals surface area contributed by atoms with Crippen molar-refractivity contribution in [3.8, 4) is 34.0 Å². The molecule has 188 valence electrons. The minimum Gasteiger partial charge on any atom is -0.497 e. The lowest BCUT2D eigenvalue weighted by Gasteiger charge is -2.34. The fourth-order valence-electron chi connectivity index (χ4n) is 4.96. The van der Waals surface area contributed by atoms with Gasteiger partial charge in [-0.15, -0.1) is 0 Å². The maximum atomic E-state index is 13.6. The molecule has 2 aromatic heterocycles.